The van der Waals surface area contributed by atoms with Crippen LogP contribution in [0.4, 0.5) is 0 Å². The van der Waals surface area contributed by atoms with E-state index >= 15 is 0 Å². The molecule has 0 unspecified atom stereocenters. The predicted octanol–water partition coefficient (Wildman–Crippen LogP) is 4.01. The van der Waals surface area contributed by atoms with Gasteiger partial charge in [0.05, 0.1) is 62.5 Å². The summed E-state index contributed by atoms with van der Waals surface area (Å²) in [6.07, 6.45) is 1.76. The molecule has 0 aliphatic carbocycles. The number of nitrogens with zero attached hydrogens (tertiary/aromatic N) is 2. The van der Waals surface area contributed by atoms with Crippen LogP contribution in [-0.2, 0) is 9.53 Å². The number of fused-ring (bicyclic) bond motifs is 1. The number of ether oxygens (including phenoxy) is 6. The van der Waals surface area contributed by atoms with Crippen LogP contribution in [0, 0.1) is 0 Å². The number of aromatic nitrogens is 1. The van der Waals surface area contributed by atoms with Crippen molar-refractivity contribution in [1.82, 2.24) is 4.57 Å². The van der Waals surface area contributed by atoms with Crippen LogP contribution in [0.15, 0.2) is 51.4 Å². The number of rotatable bonds is 11. The van der Waals surface area contributed by atoms with E-state index in [9.17, 15) is 9.59 Å². The molecular weight excluding hydrogens is 560 g/mol. The minimum Gasteiger partial charge on any atom is -0.493 e. The van der Waals surface area contributed by atoms with Crippen LogP contribution in [0.5, 0.6) is 28.7 Å². The summed E-state index contributed by atoms with van der Waals surface area (Å²) in [7, 11) is 4.53. The van der Waals surface area contributed by atoms with Crippen LogP contribution < -0.4 is 38.6 Å². The Kier molecular flexibility index (Phi) is 9.62. The highest BCUT2D eigenvalue weighted by molar-refractivity contribution is 7.07. The van der Waals surface area contributed by atoms with Gasteiger partial charge in [0.15, 0.2) is 27.8 Å². The molecule has 1 aliphatic rings. The highest BCUT2D eigenvalue weighted by Crippen LogP contribution is 2.42. The number of carbonyl (C=O) groups is 1. The van der Waals surface area contributed by atoms with Crippen molar-refractivity contribution in [3.8, 4) is 28.7 Å². The van der Waals surface area contributed by atoms with E-state index in [2.05, 4.69) is 4.99 Å². The fourth-order valence-electron chi connectivity index (χ4n) is 4.75. The lowest BCUT2D eigenvalue weighted by Crippen LogP contribution is -2.40. The molecule has 0 saturated carbocycles. The van der Waals surface area contributed by atoms with Crippen LogP contribution in [0.2, 0.25) is 0 Å². The Morgan fingerprint density at radius 3 is 2.26 bits per heavy atom. The Labute approximate surface area is 248 Å². The number of benzene rings is 2. The minimum atomic E-state index is -0.850. The summed E-state index contributed by atoms with van der Waals surface area (Å²) in [5, 5.41) is 0. The molecule has 2 heterocycles. The van der Waals surface area contributed by atoms with Gasteiger partial charge in [0.1, 0.15) is 0 Å². The number of allylic oxidation sites excluding steroid dienone is 1. The molecule has 1 atom stereocenters. The first-order valence-corrected chi connectivity index (χ1v) is 14.4. The van der Waals surface area contributed by atoms with Crippen molar-refractivity contribution in [2.24, 2.45) is 4.99 Å². The fraction of sp³-hybridized carbons (Fsp3) is 0.387. The van der Waals surface area contributed by atoms with E-state index < -0.39 is 12.0 Å². The first-order chi connectivity index (χ1) is 20.2. The predicted molar refractivity (Wildman–Crippen MR) is 160 cm³/mol. The fourth-order valence-corrected chi connectivity index (χ4v) is 5.80. The van der Waals surface area contributed by atoms with Gasteiger partial charge in [-0.15, -0.1) is 0 Å². The molecule has 1 aliphatic heterocycles. The van der Waals surface area contributed by atoms with Crippen LogP contribution in [0.1, 0.15) is 51.8 Å². The van der Waals surface area contributed by atoms with E-state index in [-0.39, 0.29) is 23.8 Å². The smallest absolute Gasteiger partial charge is 0.338 e. The molecule has 2 aromatic carbocycles. The number of hydrogen-bond donors (Lipinski definition) is 0. The lowest BCUT2D eigenvalue weighted by Gasteiger charge is -2.26. The van der Waals surface area contributed by atoms with Gasteiger partial charge in [-0.25, -0.2) is 9.79 Å². The molecule has 0 N–H and O–H groups in total. The van der Waals surface area contributed by atoms with Gasteiger partial charge in [-0.05, 0) is 76.1 Å². The van der Waals surface area contributed by atoms with Gasteiger partial charge in [0.2, 0.25) is 5.75 Å². The molecule has 0 bridgehead atoms. The van der Waals surface area contributed by atoms with E-state index in [0.29, 0.717) is 55.9 Å². The molecular formula is C31H36N2O8S. The summed E-state index contributed by atoms with van der Waals surface area (Å²) in [5.74, 6) is 1.82. The van der Waals surface area contributed by atoms with Gasteiger partial charge in [0, 0.05) is 0 Å². The lowest BCUT2D eigenvalue weighted by molar-refractivity contribution is -0.139. The maximum atomic E-state index is 14.1. The molecule has 0 amide bonds. The lowest BCUT2D eigenvalue weighted by atomic mass is 9.95. The Morgan fingerprint density at radius 2 is 1.69 bits per heavy atom. The average Bonchev–Trinajstić information content (AvgIpc) is 3.26. The number of esters is 1. The number of hydrogen-bond acceptors (Lipinski definition) is 10. The normalized spacial score (nSPS) is 14.8. The Bertz CT molecular complexity index is 1660. The van der Waals surface area contributed by atoms with Crippen LogP contribution in [0.3, 0.4) is 0 Å². The summed E-state index contributed by atoms with van der Waals surface area (Å²) in [5.41, 5.74) is 1.72. The molecule has 0 saturated heterocycles. The summed E-state index contributed by atoms with van der Waals surface area (Å²) in [4.78, 5) is 32.4. The van der Waals surface area contributed by atoms with E-state index in [1.54, 1.807) is 32.1 Å². The van der Waals surface area contributed by atoms with E-state index in [1.165, 1.54) is 37.2 Å². The first-order valence-electron chi connectivity index (χ1n) is 13.6. The summed E-state index contributed by atoms with van der Waals surface area (Å²) in [6.45, 7) is 9.88. The van der Waals surface area contributed by atoms with Crippen molar-refractivity contribution < 1.29 is 33.2 Å². The highest BCUT2D eigenvalue weighted by Gasteiger charge is 2.34. The van der Waals surface area contributed by atoms with Gasteiger partial charge < -0.3 is 28.4 Å². The third kappa shape index (κ3) is 6.01. The summed E-state index contributed by atoms with van der Waals surface area (Å²) in [6, 6.07) is 8.13. The van der Waals surface area contributed by atoms with Gasteiger partial charge in [-0.2, -0.15) is 0 Å². The Morgan fingerprint density at radius 1 is 1.00 bits per heavy atom. The molecule has 3 aromatic rings. The van der Waals surface area contributed by atoms with Crippen molar-refractivity contribution in [3.05, 3.63) is 72.4 Å². The second kappa shape index (κ2) is 13.2. The molecule has 11 heteroatoms. The number of carbonyl (C=O) groups excluding carboxylic acids is 1. The van der Waals surface area contributed by atoms with Gasteiger partial charge in [-0.3, -0.25) is 9.36 Å². The van der Waals surface area contributed by atoms with Gasteiger partial charge >= 0.3 is 5.97 Å². The monoisotopic (exact) mass is 596 g/mol. The van der Waals surface area contributed by atoms with Crippen molar-refractivity contribution >= 4 is 23.4 Å². The SMILES string of the molecule is CCOC(=O)C1=C(C)N=c2s/c(=C\c3ccc(OC(C)C)c(OCC)c3)c(=O)n2[C@H]1c1cc(OC)c(OC)c(OC)c1. The zero-order valence-electron chi connectivity index (χ0n) is 25.1. The third-order valence-electron chi connectivity index (χ3n) is 6.45. The van der Waals surface area contributed by atoms with Crippen LogP contribution >= 0.6 is 11.3 Å². The topological polar surface area (TPSA) is 107 Å². The first kappa shape index (κ1) is 30.7. The molecule has 42 heavy (non-hydrogen) atoms. The van der Waals surface area contributed by atoms with Gasteiger partial charge in [-0.1, -0.05) is 17.4 Å². The Hall–Kier alpha value is -4.25. The van der Waals surface area contributed by atoms with Crippen LogP contribution in [-0.4, -0.2) is 51.2 Å². The molecule has 4 rings (SSSR count). The van der Waals surface area contributed by atoms with E-state index in [0.717, 1.165) is 5.56 Å². The van der Waals surface area contributed by atoms with Crippen molar-refractivity contribution in [2.75, 3.05) is 34.5 Å². The summed E-state index contributed by atoms with van der Waals surface area (Å²) >= 11 is 1.23. The number of methoxy groups -OCH3 is 3. The summed E-state index contributed by atoms with van der Waals surface area (Å²) < 4.78 is 35.7. The quantitative estimate of drug-likeness (QED) is 0.306. The van der Waals surface area contributed by atoms with Crippen LogP contribution in [0.25, 0.3) is 6.08 Å². The zero-order valence-corrected chi connectivity index (χ0v) is 25.9. The highest BCUT2D eigenvalue weighted by atomic mass is 32.1. The zero-order chi connectivity index (χ0) is 30.6. The van der Waals surface area contributed by atoms with E-state index in [1.807, 2.05) is 39.0 Å². The molecule has 1 aromatic heterocycles. The molecule has 0 spiro atoms. The number of thiazole rings is 1. The van der Waals surface area contributed by atoms with Crippen molar-refractivity contribution in [1.29, 1.82) is 0 Å². The second-order valence-corrected chi connectivity index (χ2v) is 10.6. The largest absolute Gasteiger partial charge is 0.493 e. The maximum Gasteiger partial charge on any atom is 0.338 e. The third-order valence-corrected chi connectivity index (χ3v) is 7.43. The Balaban J connectivity index is 1.95. The molecule has 10 nitrogen and oxygen atoms in total. The maximum absolute atomic E-state index is 14.1. The molecule has 224 valence electrons. The van der Waals surface area contributed by atoms with Crippen molar-refractivity contribution in [2.45, 2.75) is 46.8 Å². The second-order valence-electron chi connectivity index (χ2n) is 9.57. The molecule has 0 fully saturated rings. The molecule has 0 radical (unpaired) electrons. The minimum absolute atomic E-state index is 0.0224. The van der Waals surface area contributed by atoms with Crippen molar-refractivity contribution in [3.63, 3.8) is 0 Å². The average molecular weight is 597 g/mol. The van der Waals surface area contributed by atoms with E-state index in [4.69, 9.17) is 28.4 Å². The van der Waals surface area contributed by atoms with Gasteiger partial charge in [0.25, 0.3) is 5.56 Å². The standard InChI is InChI=1S/C31H36N2O8S/c1-9-39-22-13-19(11-12-21(22)41-17(3)4)14-25-29(34)33-27(20-15-23(36-6)28(38-8)24(16-20)37-7)26(30(35)40-10-2)18(5)32-31(33)42-25/h11-17,27H,9-10H2,1-8H3/b25-14-/t27-/m0/s1.